The topological polar surface area (TPSA) is 35.2 Å². The lowest BCUT2D eigenvalue weighted by atomic mass is 9.99. The molecule has 2 heteroatoms. The summed E-state index contributed by atoms with van der Waals surface area (Å²) in [6, 6.07) is 0. The molecule has 2 N–H and O–H groups in total. The fraction of sp³-hybridized carbons (Fsp3) is 0.778. The van der Waals surface area contributed by atoms with Crippen LogP contribution in [0.3, 0.4) is 0 Å². The molecule has 1 aliphatic rings. The van der Waals surface area contributed by atoms with Crippen LogP contribution in [0.25, 0.3) is 0 Å². The van der Waals surface area contributed by atoms with Crippen LogP contribution in [-0.2, 0) is 4.74 Å². The third-order valence-corrected chi connectivity index (χ3v) is 2.44. The molecule has 0 aromatic carbocycles. The molecule has 2 atom stereocenters. The predicted molar refractivity (Wildman–Crippen MR) is 46.1 cm³/mol. The van der Waals surface area contributed by atoms with Crippen molar-refractivity contribution in [3.05, 3.63) is 11.8 Å². The van der Waals surface area contributed by atoms with Gasteiger partial charge in [0.2, 0.25) is 0 Å². The summed E-state index contributed by atoms with van der Waals surface area (Å²) >= 11 is 0. The maximum atomic E-state index is 5.72. The first-order valence-electron chi connectivity index (χ1n) is 4.21. The van der Waals surface area contributed by atoms with Crippen LogP contribution >= 0.6 is 0 Å². The first-order valence-corrected chi connectivity index (χ1v) is 4.21. The third-order valence-electron chi connectivity index (χ3n) is 2.44. The number of ether oxygens (including phenoxy) is 1. The fourth-order valence-corrected chi connectivity index (χ4v) is 1.51. The maximum Gasteiger partial charge on any atom is 0.0632 e. The Morgan fingerprint density at radius 2 is 2.36 bits per heavy atom. The van der Waals surface area contributed by atoms with E-state index in [-0.39, 0.29) is 0 Å². The van der Waals surface area contributed by atoms with Crippen LogP contribution in [0.2, 0.25) is 0 Å². The van der Waals surface area contributed by atoms with E-state index in [1.54, 1.807) is 7.11 Å². The standard InChI is InChI=1S/C9H17NO/c1-7-3-4-8(10)5-6-9(7)11-2/h5,7,9H,3-4,6,10H2,1-2H3/t7-,9?/m1/s1. The van der Waals surface area contributed by atoms with E-state index in [0.29, 0.717) is 12.0 Å². The van der Waals surface area contributed by atoms with Gasteiger partial charge in [0.1, 0.15) is 0 Å². The van der Waals surface area contributed by atoms with Crippen LogP contribution < -0.4 is 5.73 Å². The van der Waals surface area contributed by atoms with Crippen molar-refractivity contribution >= 4 is 0 Å². The molecule has 0 aromatic rings. The van der Waals surface area contributed by atoms with Gasteiger partial charge in [-0.25, -0.2) is 0 Å². The minimum atomic E-state index is 0.371. The molecule has 0 fully saturated rings. The summed E-state index contributed by atoms with van der Waals surface area (Å²) in [6.45, 7) is 2.22. The molecule has 64 valence electrons. The molecule has 0 bridgehead atoms. The molecular formula is C9H17NO. The van der Waals surface area contributed by atoms with Crippen LogP contribution in [0.5, 0.6) is 0 Å². The molecule has 11 heavy (non-hydrogen) atoms. The van der Waals surface area contributed by atoms with E-state index < -0.39 is 0 Å². The first kappa shape index (κ1) is 8.60. The summed E-state index contributed by atoms with van der Waals surface area (Å²) in [7, 11) is 1.77. The molecule has 1 rings (SSSR count). The average molecular weight is 155 g/mol. The first-order chi connectivity index (χ1) is 5.24. The minimum Gasteiger partial charge on any atom is -0.402 e. The normalized spacial score (nSPS) is 32.7. The predicted octanol–water partition coefficient (Wildman–Crippen LogP) is 1.66. The highest BCUT2D eigenvalue weighted by molar-refractivity contribution is 5.01. The third kappa shape index (κ3) is 2.22. The van der Waals surface area contributed by atoms with Crippen molar-refractivity contribution in [2.45, 2.75) is 32.3 Å². The van der Waals surface area contributed by atoms with Crippen molar-refractivity contribution in [1.29, 1.82) is 0 Å². The molecule has 1 unspecified atom stereocenters. The molecule has 2 nitrogen and oxygen atoms in total. The van der Waals surface area contributed by atoms with Gasteiger partial charge in [-0.1, -0.05) is 13.0 Å². The minimum absolute atomic E-state index is 0.371. The van der Waals surface area contributed by atoms with Crippen molar-refractivity contribution in [3.63, 3.8) is 0 Å². The number of rotatable bonds is 1. The van der Waals surface area contributed by atoms with Crippen molar-refractivity contribution in [1.82, 2.24) is 0 Å². The number of hydrogen-bond acceptors (Lipinski definition) is 2. The van der Waals surface area contributed by atoms with Crippen LogP contribution in [0, 0.1) is 5.92 Å². The zero-order valence-electron chi connectivity index (χ0n) is 7.34. The summed E-state index contributed by atoms with van der Waals surface area (Å²) in [5.74, 6) is 0.636. The van der Waals surface area contributed by atoms with Crippen LogP contribution in [0.1, 0.15) is 26.2 Å². The average Bonchev–Trinajstić information content (AvgIpc) is 2.15. The Balaban J connectivity index is 2.53. The maximum absolute atomic E-state index is 5.72. The monoisotopic (exact) mass is 155 g/mol. The van der Waals surface area contributed by atoms with E-state index >= 15 is 0 Å². The second-order valence-electron chi connectivity index (χ2n) is 3.30. The molecule has 0 aromatic heterocycles. The summed E-state index contributed by atoms with van der Waals surface area (Å²) in [6.07, 6.45) is 5.62. The largest absolute Gasteiger partial charge is 0.402 e. The molecular weight excluding hydrogens is 138 g/mol. The molecule has 0 spiro atoms. The van der Waals surface area contributed by atoms with Crippen molar-refractivity contribution in [3.8, 4) is 0 Å². The summed E-state index contributed by atoms with van der Waals surface area (Å²) < 4.78 is 5.33. The molecule has 0 saturated carbocycles. The van der Waals surface area contributed by atoms with Gasteiger partial charge in [0.05, 0.1) is 6.10 Å². The fourth-order valence-electron chi connectivity index (χ4n) is 1.51. The molecule has 0 amide bonds. The second-order valence-corrected chi connectivity index (χ2v) is 3.30. The van der Waals surface area contributed by atoms with Crippen LogP contribution in [-0.4, -0.2) is 13.2 Å². The van der Waals surface area contributed by atoms with E-state index in [1.165, 1.54) is 0 Å². The summed E-state index contributed by atoms with van der Waals surface area (Å²) in [5.41, 5.74) is 6.74. The van der Waals surface area contributed by atoms with Crippen LogP contribution in [0.4, 0.5) is 0 Å². The Bertz CT molecular complexity index is 154. The SMILES string of the molecule is COC1CC=C(N)CC[C@H]1C. The Kier molecular flexibility index (Phi) is 2.94. The van der Waals surface area contributed by atoms with Gasteiger partial charge in [-0.2, -0.15) is 0 Å². The van der Waals surface area contributed by atoms with Gasteiger partial charge < -0.3 is 10.5 Å². The van der Waals surface area contributed by atoms with Gasteiger partial charge in [-0.15, -0.1) is 0 Å². The van der Waals surface area contributed by atoms with Gasteiger partial charge >= 0.3 is 0 Å². The van der Waals surface area contributed by atoms with Crippen molar-refractivity contribution < 1.29 is 4.74 Å². The van der Waals surface area contributed by atoms with Gasteiger partial charge in [-0.3, -0.25) is 0 Å². The quantitative estimate of drug-likeness (QED) is 0.625. The highest BCUT2D eigenvalue weighted by Crippen LogP contribution is 2.22. The van der Waals surface area contributed by atoms with E-state index in [4.69, 9.17) is 10.5 Å². The number of allylic oxidation sites excluding steroid dienone is 1. The zero-order valence-corrected chi connectivity index (χ0v) is 7.34. The Hall–Kier alpha value is -0.500. The van der Waals surface area contributed by atoms with E-state index in [2.05, 4.69) is 13.0 Å². The Labute approximate surface area is 68.4 Å². The van der Waals surface area contributed by atoms with Crippen molar-refractivity contribution in [2.75, 3.05) is 7.11 Å². The van der Waals surface area contributed by atoms with Gasteiger partial charge in [0, 0.05) is 12.8 Å². The van der Waals surface area contributed by atoms with E-state index in [0.717, 1.165) is 25.0 Å². The van der Waals surface area contributed by atoms with E-state index in [1.807, 2.05) is 0 Å². The number of nitrogens with two attached hydrogens (primary N) is 1. The smallest absolute Gasteiger partial charge is 0.0632 e. The highest BCUT2D eigenvalue weighted by atomic mass is 16.5. The molecule has 0 saturated heterocycles. The molecule has 0 radical (unpaired) electrons. The number of methoxy groups -OCH3 is 1. The summed E-state index contributed by atoms with van der Waals surface area (Å²) in [4.78, 5) is 0. The lowest BCUT2D eigenvalue weighted by Crippen LogP contribution is -2.18. The summed E-state index contributed by atoms with van der Waals surface area (Å²) in [5, 5.41) is 0. The van der Waals surface area contributed by atoms with Gasteiger partial charge in [0.15, 0.2) is 0 Å². The highest BCUT2D eigenvalue weighted by Gasteiger charge is 2.18. The van der Waals surface area contributed by atoms with Gasteiger partial charge in [-0.05, 0) is 25.2 Å². The molecule has 0 aliphatic heterocycles. The second kappa shape index (κ2) is 3.77. The molecule has 1 aliphatic carbocycles. The lowest BCUT2D eigenvalue weighted by Gasteiger charge is -2.18. The number of hydrogen-bond donors (Lipinski definition) is 1. The zero-order chi connectivity index (χ0) is 8.27. The Morgan fingerprint density at radius 1 is 1.64 bits per heavy atom. The van der Waals surface area contributed by atoms with Gasteiger partial charge in [0.25, 0.3) is 0 Å². The molecule has 0 heterocycles. The van der Waals surface area contributed by atoms with E-state index in [9.17, 15) is 0 Å². The van der Waals surface area contributed by atoms with Crippen LogP contribution in [0.15, 0.2) is 11.8 Å². The lowest BCUT2D eigenvalue weighted by molar-refractivity contribution is 0.0601. The Morgan fingerprint density at radius 3 is 3.00 bits per heavy atom. The van der Waals surface area contributed by atoms with Crippen molar-refractivity contribution in [2.24, 2.45) is 11.7 Å².